The predicted molar refractivity (Wildman–Crippen MR) is 105 cm³/mol. The molecular weight excluding hydrogens is 393 g/mol. The standard InChI is InChI=1S/C17H23Cl2N5O3/c1-17(2,10-27-15-7-6-14(22-20)23-24-15)21-8-11(25)9-26-13-5-3-4-12(18)16(13)19/h3-7,11,21,25H,8-10,20H2,1-2H3,(H,22,23). The molecule has 1 aromatic carbocycles. The van der Waals surface area contributed by atoms with Crippen molar-refractivity contribution in [3.63, 3.8) is 0 Å². The molecule has 10 heteroatoms. The topological polar surface area (TPSA) is 115 Å². The summed E-state index contributed by atoms with van der Waals surface area (Å²) >= 11 is 12.0. The maximum atomic E-state index is 10.1. The Morgan fingerprint density at radius 1 is 1.19 bits per heavy atom. The number of hydrogen-bond donors (Lipinski definition) is 4. The van der Waals surface area contributed by atoms with Gasteiger partial charge in [0.25, 0.3) is 0 Å². The maximum Gasteiger partial charge on any atom is 0.233 e. The lowest BCUT2D eigenvalue weighted by molar-refractivity contribution is 0.0923. The van der Waals surface area contributed by atoms with Gasteiger partial charge in [0.15, 0.2) is 5.82 Å². The third-order valence-corrected chi connectivity index (χ3v) is 4.33. The van der Waals surface area contributed by atoms with Crippen LogP contribution in [0.1, 0.15) is 13.8 Å². The van der Waals surface area contributed by atoms with E-state index in [9.17, 15) is 5.11 Å². The van der Waals surface area contributed by atoms with Gasteiger partial charge in [-0.15, -0.1) is 10.2 Å². The van der Waals surface area contributed by atoms with E-state index in [1.165, 1.54) is 0 Å². The first-order valence-electron chi connectivity index (χ1n) is 8.24. The molecule has 0 aliphatic rings. The smallest absolute Gasteiger partial charge is 0.233 e. The molecule has 148 valence electrons. The molecule has 27 heavy (non-hydrogen) atoms. The van der Waals surface area contributed by atoms with Crippen molar-refractivity contribution in [2.75, 3.05) is 25.2 Å². The molecule has 0 aliphatic heterocycles. The Hall–Kier alpha value is -1.84. The number of hydrogen-bond acceptors (Lipinski definition) is 8. The lowest BCUT2D eigenvalue weighted by Crippen LogP contribution is -2.48. The number of rotatable bonds is 10. The fourth-order valence-corrected chi connectivity index (χ4v) is 2.36. The average Bonchev–Trinajstić information content (AvgIpc) is 2.66. The van der Waals surface area contributed by atoms with E-state index in [1.54, 1.807) is 30.3 Å². The van der Waals surface area contributed by atoms with Crippen LogP contribution in [0.3, 0.4) is 0 Å². The Labute approximate surface area is 167 Å². The average molecular weight is 416 g/mol. The lowest BCUT2D eigenvalue weighted by atomic mass is 10.1. The Morgan fingerprint density at radius 2 is 1.96 bits per heavy atom. The maximum absolute atomic E-state index is 10.1. The van der Waals surface area contributed by atoms with Crippen molar-refractivity contribution in [2.24, 2.45) is 5.84 Å². The van der Waals surface area contributed by atoms with E-state index in [2.05, 4.69) is 20.9 Å². The minimum Gasteiger partial charge on any atom is -0.489 e. The molecule has 0 saturated heterocycles. The minimum absolute atomic E-state index is 0.0724. The van der Waals surface area contributed by atoms with Gasteiger partial charge in [0.05, 0.1) is 5.02 Å². The largest absolute Gasteiger partial charge is 0.489 e. The van der Waals surface area contributed by atoms with E-state index in [4.69, 9.17) is 38.5 Å². The minimum atomic E-state index is -0.742. The molecule has 0 fully saturated rings. The first-order valence-corrected chi connectivity index (χ1v) is 8.99. The van der Waals surface area contributed by atoms with Gasteiger partial charge in [0.2, 0.25) is 5.88 Å². The summed E-state index contributed by atoms with van der Waals surface area (Å²) in [6.07, 6.45) is -0.742. The number of anilines is 1. The van der Waals surface area contributed by atoms with Gasteiger partial charge in [-0.25, -0.2) is 5.84 Å². The Bertz CT molecular complexity index is 731. The first kappa shape index (κ1) is 21.5. The van der Waals surface area contributed by atoms with E-state index in [-0.39, 0.29) is 6.61 Å². The number of aliphatic hydroxyl groups is 1. The summed E-state index contributed by atoms with van der Waals surface area (Å²) in [5.74, 6) is 6.49. The van der Waals surface area contributed by atoms with Crippen LogP contribution >= 0.6 is 23.2 Å². The van der Waals surface area contributed by atoms with Gasteiger partial charge in [-0.3, -0.25) is 0 Å². The first-order chi connectivity index (χ1) is 12.8. The lowest BCUT2D eigenvalue weighted by Gasteiger charge is -2.27. The van der Waals surface area contributed by atoms with Crippen LogP contribution in [-0.4, -0.2) is 46.7 Å². The van der Waals surface area contributed by atoms with Crippen molar-refractivity contribution < 1.29 is 14.6 Å². The number of β-amino-alcohol motifs (C(OH)–C–C–N with tert-alkyl or cyclic N) is 1. The van der Waals surface area contributed by atoms with E-state index in [0.29, 0.717) is 40.6 Å². The van der Waals surface area contributed by atoms with Crippen LogP contribution < -0.4 is 26.1 Å². The second kappa shape index (κ2) is 9.91. The molecule has 0 radical (unpaired) electrons. The number of nitrogens with two attached hydrogens (primary N) is 1. The van der Waals surface area contributed by atoms with Crippen LogP contribution in [0.15, 0.2) is 30.3 Å². The molecule has 0 saturated carbocycles. The van der Waals surface area contributed by atoms with Gasteiger partial charge in [0, 0.05) is 18.2 Å². The van der Waals surface area contributed by atoms with Crippen molar-refractivity contribution in [3.8, 4) is 11.6 Å². The molecule has 2 rings (SSSR count). The Balaban J connectivity index is 1.75. The second-order valence-corrected chi connectivity index (χ2v) is 7.26. The SMILES string of the molecule is CC(C)(COc1ccc(NN)nn1)NCC(O)COc1cccc(Cl)c1Cl. The highest BCUT2D eigenvalue weighted by molar-refractivity contribution is 6.42. The molecule has 0 amide bonds. The summed E-state index contributed by atoms with van der Waals surface area (Å²) in [4.78, 5) is 0. The van der Waals surface area contributed by atoms with Crippen LogP contribution in [0.4, 0.5) is 5.82 Å². The van der Waals surface area contributed by atoms with Gasteiger partial charge in [-0.2, -0.15) is 0 Å². The summed E-state index contributed by atoms with van der Waals surface area (Å²) in [5, 5.41) is 21.8. The number of nitrogens with zero attached hydrogens (tertiary/aromatic N) is 2. The van der Waals surface area contributed by atoms with Crippen LogP contribution in [-0.2, 0) is 0 Å². The molecule has 1 aromatic heterocycles. The third-order valence-electron chi connectivity index (χ3n) is 3.53. The Kier molecular flexibility index (Phi) is 7.88. The molecule has 8 nitrogen and oxygen atoms in total. The number of nitrogen functional groups attached to an aromatic ring is 1. The number of hydrazine groups is 1. The molecule has 2 aromatic rings. The van der Waals surface area contributed by atoms with E-state index in [0.717, 1.165) is 0 Å². The van der Waals surface area contributed by atoms with Gasteiger partial charge in [0.1, 0.15) is 30.1 Å². The number of aliphatic hydroxyl groups excluding tert-OH is 1. The number of ether oxygens (including phenoxy) is 2. The van der Waals surface area contributed by atoms with Crippen molar-refractivity contribution in [3.05, 3.63) is 40.4 Å². The van der Waals surface area contributed by atoms with Crippen molar-refractivity contribution >= 4 is 29.0 Å². The number of aromatic nitrogens is 2. The highest BCUT2D eigenvalue weighted by Crippen LogP contribution is 2.31. The van der Waals surface area contributed by atoms with Crippen LogP contribution in [0.2, 0.25) is 10.0 Å². The molecular formula is C17H23Cl2N5O3. The van der Waals surface area contributed by atoms with Gasteiger partial charge in [-0.05, 0) is 32.0 Å². The molecule has 0 aliphatic carbocycles. The summed E-state index contributed by atoms with van der Waals surface area (Å²) in [7, 11) is 0. The summed E-state index contributed by atoms with van der Waals surface area (Å²) in [6, 6.07) is 8.41. The highest BCUT2D eigenvalue weighted by Gasteiger charge is 2.20. The zero-order valence-corrected chi connectivity index (χ0v) is 16.6. The fraction of sp³-hybridized carbons (Fsp3) is 0.412. The number of halogens is 2. The van der Waals surface area contributed by atoms with Crippen LogP contribution in [0.5, 0.6) is 11.6 Å². The van der Waals surface area contributed by atoms with Crippen molar-refractivity contribution in [1.29, 1.82) is 0 Å². The molecule has 0 spiro atoms. The van der Waals surface area contributed by atoms with Gasteiger partial charge >= 0.3 is 0 Å². The number of nitrogens with one attached hydrogen (secondary N) is 2. The zero-order valence-electron chi connectivity index (χ0n) is 15.1. The molecule has 5 N–H and O–H groups in total. The molecule has 1 heterocycles. The zero-order chi connectivity index (χ0) is 19.9. The summed E-state index contributed by atoms with van der Waals surface area (Å²) in [6.45, 7) is 4.58. The van der Waals surface area contributed by atoms with E-state index < -0.39 is 11.6 Å². The highest BCUT2D eigenvalue weighted by atomic mass is 35.5. The van der Waals surface area contributed by atoms with Crippen molar-refractivity contribution in [1.82, 2.24) is 15.5 Å². The molecule has 0 bridgehead atoms. The van der Waals surface area contributed by atoms with E-state index >= 15 is 0 Å². The normalized spacial score (nSPS) is 12.5. The van der Waals surface area contributed by atoms with Crippen molar-refractivity contribution in [2.45, 2.75) is 25.5 Å². The van der Waals surface area contributed by atoms with E-state index in [1.807, 2.05) is 13.8 Å². The molecule has 1 unspecified atom stereocenters. The Morgan fingerprint density at radius 3 is 2.63 bits per heavy atom. The third kappa shape index (κ3) is 7.00. The van der Waals surface area contributed by atoms with Crippen LogP contribution in [0, 0.1) is 0 Å². The van der Waals surface area contributed by atoms with Gasteiger partial charge in [-0.1, -0.05) is 29.3 Å². The molecule has 1 atom stereocenters. The monoisotopic (exact) mass is 415 g/mol. The summed E-state index contributed by atoms with van der Waals surface area (Å²) < 4.78 is 11.1. The summed E-state index contributed by atoms with van der Waals surface area (Å²) in [5.41, 5.74) is 1.98. The van der Waals surface area contributed by atoms with Gasteiger partial charge < -0.3 is 25.3 Å². The van der Waals surface area contributed by atoms with Crippen LogP contribution in [0.25, 0.3) is 0 Å². The fourth-order valence-electron chi connectivity index (χ4n) is 2.01. The predicted octanol–water partition coefficient (Wildman–Crippen LogP) is 2.26. The number of benzene rings is 1. The second-order valence-electron chi connectivity index (χ2n) is 6.47. The quantitative estimate of drug-likeness (QED) is 0.345.